The van der Waals surface area contributed by atoms with Crippen LogP contribution in [0.2, 0.25) is 0 Å². The van der Waals surface area contributed by atoms with Crippen LogP contribution in [0.4, 0.5) is 0 Å². The predicted octanol–water partition coefficient (Wildman–Crippen LogP) is 4.54. The summed E-state index contributed by atoms with van der Waals surface area (Å²) in [4.78, 5) is 19.0. The fourth-order valence-electron chi connectivity index (χ4n) is 3.01. The molecule has 0 aliphatic heterocycles. The molecule has 0 unspecified atom stereocenters. The monoisotopic (exact) mass is 393 g/mol. The average Bonchev–Trinajstić information content (AvgIpc) is 2.68. The fourth-order valence-corrected chi connectivity index (χ4v) is 3.64. The molecule has 0 bridgehead atoms. The summed E-state index contributed by atoms with van der Waals surface area (Å²) < 4.78 is 1.54. The van der Waals surface area contributed by atoms with Crippen molar-refractivity contribution in [2.45, 2.75) is 24.5 Å². The van der Waals surface area contributed by atoms with Crippen molar-refractivity contribution in [3.05, 3.63) is 75.2 Å². The topological polar surface area (TPSA) is 58.7 Å². The van der Waals surface area contributed by atoms with Gasteiger partial charge in [-0.05, 0) is 43.9 Å². The Balaban J connectivity index is 2.38. The van der Waals surface area contributed by atoms with Crippen LogP contribution in [-0.2, 0) is 5.75 Å². The van der Waals surface area contributed by atoms with Gasteiger partial charge in [0.15, 0.2) is 0 Å². The number of nitrogens with zero attached hydrogens (tertiary/aromatic N) is 3. The number of thioether (sulfide) groups is 1. The van der Waals surface area contributed by atoms with Crippen LogP contribution in [0.15, 0.2) is 52.2 Å². The van der Waals surface area contributed by atoms with Crippen molar-refractivity contribution >= 4 is 24.4 Å². The highest BCUT2D eigenvalue weighted by molar-refractivity contribution is 7.98. The molecule has 0 fully saturated rings. The third-order valence-corrected chi connectivity index (χ3v) is 5.40. The van der Waals surface area contributed by atoms with Crippen molar-refractivity contribution in [3.63, 3.8) is 0 Å². The zero-order valence-electron chi connectivity index (χ0n) is 15.4. The van der Waals surface area contributed by atoms with Crippen LogP contribution in [0.3, 0.4) is 0 Å². The summed E-state index contributed by atoms with van der Waals surface area (Å²) >= 11 is 5.91. The summed E-state index contributed by atoms with van der Waals surface area (Å²) in [5.41, 5.74) is 3.67. The van der Waals surface area contributed by atoms with E-state index in [0.29, 0.717) is 11.5 Å². The van der Waals surface area contributed by atoms with Gasteiger partial charge in [-0.1, -0.05) is 29.8 Å². The SMILES string of the molecule is CSc1ccc(-c2nc(CS)c(C#N)c(=O)n2-c2ccc(C)cc2C)cc1. The summed E-state index contributed by atoms with van der Waals surface area (Å²) in [5.74, 6) is 0.740. The highest BCUT2D eigenvalue weighted by atomic mass is 32.2. The van der Waals surface area contributed by atoms with E-state index in [1.165, 1.54) is 4.57 Å². The molecule has 0 amide bonds. The third-order valence-electron chi connectivity index (χ3n) is 4.36. The predicted molar refractivity (Wildman–Crippen MR) is 114 cm³/mol. The lowest BCUT2D eigenvalue weighted by Gasteiger charge is -2.17. The van der Waals surface area contributed by atoms with E-state index >= 15 is 0 Å². The Labute approximate surface area is 168 Å². The molecule has 3 rings (SSSR count). The number of hydrogen-bond acceptors (Lipinski definition) is 5. The molecule has 0 N–H and O–H groups in total. The minimum atomic E-state index is -0.368. The van der Waals surface area contributed by atoms with Crippen molar-refractivity contribution in [1.29, 1.82) is 5.26 Å². The quantitative estimate of drug-likeness (QED) is 0.522. The van der Waals surface area contributed by atoms with Crippen LogP contribution in [0.5, 0.6) is 0 Å². The fraction of sp³-hybridized carbons (Fsp3) is 0.190. The standard InChI is InChI=1S/C21H19N3OS2/c1-13-4-9-19(14(2)10-13)24-20(15-5-7-16(27-3)8-6-15)23-18(12-26)17(11-22)21(24)25/h4-10,26H,12H2,1-3H3. The van der Waals surface area contributed by atoms with Crippen LogP contribution in [0.25, 0.3) is 17.1 Å². The molecule has 1 aromatic heterocycles. The molecular weight excluding hydrogens is 374 g/mol. The molecule has 0 aliphatic carbocycles. The van der Waals surface area contributed by atoms with E-state index in [1.807, 2.05) is 68.6 Å². The molecule has 0 saturated heterocycles. The number of nitriles is 1. The first-order valence-corrected chi connectivity index (χ1v) is 10.2. The van der Waals surface area contributed by atoms with Crippen LogP contribution in [0, 0.1) is 25.2 Å². The van der Waals surface area contributed by atoms with Crippen LogP contribution >= 0.6 is 24.4 Å². The molecule has 27 heavy (non-hydrogen) atoms. The maximum atomic E-state index is 13.2. The number of aromatic nitrogens is 2. The van der Waals surface area contributed by atoms with E-state index in [1.54, 1.807) is 11.8 Å². The van der Waals surface area contributed by atoms with Crippen LogP contribution in [-0.4, -0.2) is 15.8 Å². The van der Waals surface area contributed by atoms with E-state index in [4.69, 9.17) is 0 Å². The maximum absolute atomic E-state index is 13.2. The maximum Gasteiger partial charge on any atom is 0.276 e. The van der Waals surface area contributed by atoms with E-state index in [2.05, 4.69) is 17.6 Å². The Morgan fingerprint density at radius 3 is 2.44 bits per heavy atom. The van der Waals surface area contributed by atoms with E-state index in [0.717, 1.165) is 27.3 Å². The molecule has 0 radical (unpaired) electrons. The van der Waals surface area contributed by atoms with Crippen molar-refractivity contribution in [2.75, 3.05) is 6.26 Å². The van der Waals surface area contributed by atoms with Crippen molar-refractivity contribution in [1.82, 2.24) is 9.55 Å². The average molecular weight is 394 g/mol. The van der Waals surface area contributed by atoms with E-state index in [-0.39, 0.29) is 16.9 Å². The van der Waals surface area contributed by atoms with Gasteiger partial charge in [-0.3, -0.25) is 9.36 Å². The summed E-state index contributed by atoms with van der Waals surface area (Å²) in [6.45, 7) is 3.96. The van der Waals surface area contributed by atoms with Gasteiger partial charge in [-0.15, -0.1) is 11.8 Å². The molecule has 0 saturated carbocycles. The molecule has 6 heteroatoms. The lowest BCUT2D eigenvalue weighted by molar-refractivity contribution is 0.909. The molecule has 0 atom stereocenters. The summed E-state index contributed by atoms with van der Waals surface area (Å²) in [6.07, 6.45) is 2.01. The van der Waals surface area contributed by atoms with Gasteiger partial charge in [-0.2, -0.15) is 17.9 Å². The second kappa shape index (κ2) is 8.03. The van der Waals surface area contributed by atoms with Gasteiger partial charge in [0.25, 0.3) is 5.56 Å². The van der Waals surface area contributed by atoms with Gasteiger partial charge < -0.3 is 0 Å². The molecule has 2 aromatic carbocycles. The first-order chi connectivity index (χ1) is 13.0. The minimum absolute atomic E-state index is 0.0365. The van der Waals surface area contributed by atoms with Gasteiger partial charge >= 0.3 is 0 Å². The summed E-state index contributed by atoms with van der Waals surface area (Å²) in [5, 5.41) is 9.50. The van der Waals surface area contributed by atoms with Gasteiger partial charge in [0.05, 0.1) is 11.4 Å². The molecular formula is C21H19N3OS2. The number of aryl methyl sites for hydroxylation is 2. The Kier molecular flexibility index (Phi) is 5.73. The number of rotatable bonds is 4. The summed E-state index contributed by atoms with van der Waals surface area (Å²) in [6, 6.07) is 15.8. The second-order valence-electron chi connectivity index (χ2n) is 6.19. The third kappa shape index (κ3) is 3.66. The van der Waals surface area contributed by atoms with Gasteiger partial charge in [0, 0.05) is 16.2 Å². The highest BCUT2D eigenvalue weighted by Gasteiger charge is 2.19. The lowest BCUT2D eigenvalue weighted by Crippen LogP contribution is -2.26. The Bertz CT molecular complexity index is 1100. The number of thiol groups is 1. The Morgan fingerprint density at radius 2 is 1.89 bits per heavy atom. The zero-order valence-corrected chi connectivity index (χ0v) is 17.1. The highest BCUT2D eigenvalue weighted by Crippen LogP contribution is 2.26. The summed E-state index contributed by atoms with van der Waals surface area (Å²) in [7, 11) is 0. The molecule has 0 spiro atoms. The van der Waals surface area contributed by atoms with Crippen molar-refractivity contribution in [2.24, 2.45) is 0 Å². The van der Waals surface area contributed by atoms with Crippen molar-refractivity contribution < 1.29 is 0 Å². The van der Waals surface area contributed by atoms with E-state index < -0.39 is 0 Å². The molecule has 136 valence electrons. The first kappa shape index (κ1) is 19.3. The smallest absolute Gasteiger partial charge is 0.267 e. The van der Waals surface area contributed by atoms with Crippen LogP contribution < -0.4 is 5.56 Å². The lowest BCUT2D eigenvalue weighted by atomic mass is 10.1. The van der Waals surface area contributed by atoms with Gasteiger partial charge in [0.1, 0.15) is 17.5 Å². The zero-order chi connectivity index (χ0) is 19.6. The Hall–Kier alpha value is -2.49. The minimum Gasteiger partial charge on any atom is -0.267 e. The normalized spacial score (nSPS) is 10.6. The molecule has 1 heterocycles. The number of hydrogen-bond donors (Lipinski definition) is 1. The van der Waals surface area contributed by atoms with Gasteiger partial charge in [0.2, 0.25) is 0 Å². The largest absolute Gasteiger partial charge is 0.276 e. The first-order valence-electron chi connectivity index (χ1n) is 8.39. The molecule has 4 nitrogen and oxygen atoms in total. The van der Waals surface area contributed by atoms with Crippen molar-refractivity contribution in [3.8, 4) is 23.1 Å². The van der Waals surface area contributed by atoms with Gasteiger partial charge in [-0.25, -0.2) is 4.98 Å². The van der Waals surface area contributed by atoms with E-state index in [9.17, 15) is 10.1 Å². The molecule has 0 aliphatic rings. The molecule has 3 aromatic rings. The van der Waals surface area contributed by atoms with Crippen LogP contribution in [0.1, 0.15) is 22.4 Å². The number of benzene rings is 2. The second-order valence-corrected chi connectivity index (χ2v) is 7.38. The Morgan fingerprint density at radius 1 is 1.19 bits per heavy atom.